The van der Waals surface area contributed by atoms with Crippen LogP contribution in [0.1, 0.15) is 12.5 Å². The van der Waals surface area contributed by atoms with Gasteiger partial charge in [0.15, 0.2) is 6.10 Å². The monoisotopic (exact) mass is 244 g/mol. The molecular weight excluding hydrogens is 232 g/mol. The van der Waals surface area contributed by atoms with Gasteiger partial charge in [0.05, 0.1) is 0 Å². The summed E-state index contributed by atoms with van der Waals surface area (Å²) < 4.78 is 5.11. The van der Waals surface area contributed by atoms with Crippen molar-refractivity contribution in [2.45, 2.75) is 13.0 Å². The lowest BCUT2D eigenvalue weighted by atomic mass is 10.2. The zero-order valence-electron chi connectivity index (χ0n) is 8.64. The lowest BCUT2D eigenvalue weighted by Gasteiger charge is -2.10. The second-order valence-corrected chi connectivity index (χ2v) is 3.04. The van der Waals surface area contributed by atoms with Crippen molar-refractivity contribution in [3.63, 3.8) is 0 Å². The molecule has 0 spiro atoms. The summed E-state index contributed by atoms with van der Waals surface area (Å²) in [5, 5.41) is 15.8. The summed E-state index contributed by atoms with van der Waals surface area (Å²) >= 11 is 0. The SMILES string of the molecule is CC(Oc1cccc(C(=N)N)c1)C(=O)O.Cl. The average molecular weight is 245 g/mol. The van der Waals surface area contributed by atoms with Gasteiger partial charge in [0.1, 0.15) is 11.6 Å². The lowest BCUT2D eigenvalue weighted by molar-refractivity contribution is -0.144. The van der Waals surface area contributed by atoms with Gasteiger partial charge in [-0.15, -0.1) is 12.4 Å². The number of carboxylic acids is 1. The molecule has 1 atom stereocenters. The first kappa shape index (κ1) is 14.2. The molecule has 0 heterocycles. The van der Waals surface area contributed by atoms with Crippen molar-refractivity contribution in [3.05, 3.63) is 29.8 Å². The molecule has 0 aromatic heterocycles. The van der Waals surface area contributed by atoms with Crippen LogP contribution in [-0.2, 0) is 4.79 Å². The summed E-state index contributed by atoms with van der Waals surface area (Å²) in [4.78, 5) is 10.5. The minimum Gasteiger partial charge on any atom is -0.479 e. The van der Waals surface area contributed by atoms with Crippen LogP contribution >= 0.6 is 12.4 Å². The molecule has 0 aliphatic rings. The Bertz CT molecular complexity index is 395. The molecule has 0 fully saturated rings. The summed E-state index contributed by atoms with van der Waals surface area (Å²) in [5.41, 5.74) is 5.79. The van der Waals surface area contributed by atoms with E-state index in [1.807, 2.05) is 0 Å². The average Bonchev–Trinajstić information content (AvgIpc) is 2.18. The lowest BCUT2D eigenvalue weighted by Crippen LogP contribution is -2.23. The number of rotatable bonds is 4. The molecule has 4 N–H and O–H groups in total. The highest BCUT2D eigenvalue weighted by atomic mass is 35.5. The normalized spacial score (nSPS) is 11.1. The van der Waals surface area contributed by atoms with Crippen molar-refractivity contribution in [3.8, 4) is 5.75 Å². The van der Waals surface area contributed by atoms with Crippen LogP contribution in [0.15, 0.2) is 24.3 Å². The third-order valence-electron chi connectivity index (χ3n) is 1.81. The van der Waals surface area contributed by atoms with E-state index in [0.717, 1.165) is 0 Å². The number of nitrogens with one attached hydrogen (secondary N) is 1. The molecular formula is C10H13ClN2O3. The molecule has 0 saturated heterocycles. The molecule has 1 aromatic carbocycles. The van der Waals surface area contributed by atoms with Crippen LogP contribution in [0.4, 0.5) is 0 Å². The van der Waals surface area contributed by atoms with Crippen LogP contribution in [0.3, 0.4) is 0 Å². The van der Waals surface area contributed by atoms with Crippen LogP contribution in [-0.4, -0.2) is 23.0 Å². The van der Waals surface area contributed by atoms with Gasteiger partial charge in [0, 0.05) is 5.56 Å². The van der Waals surface area contributed by atoms with Gasteiger partial charge < -0.3 is 15.6 Å². The minimum atomic E-state index is -1.04. The van der Waals surface area contributed by atoms with Gasteiger partial charge in [-0.1, -0.05) is 12.1 Å². The van der Waals surface area contributed by atoms with Crippen molar-refractivity contribution in [2.75, 3.05) is 0 Å². The highest BCUT2D eigenvalue weighted by molar-refractivity contribution is 5.95. The van der Waals surface area contributed by atoms with Gasteiger partial charge >= 0.3 is 5.97 Å². The molecule has 6 heteroatoms. The molecule has 0 radical (unpaired) electrons. The van der Waals surface area contributed by atoms with Crippen LogP contribution in [0.25, 0.3) is 0 Å². The quantitative estimate of drug-likeness (QED) is 0.548. The number of benzene rings is 1. The van der Waals surface area contributed by atoms with E-state index >= 15 is 0 Å². The molecule has 1 aromatic rings. The van der Waals surface area contributed by atoms with E-state index < -0.39 is 12.1 Å². The first-order valence-corrected chi connectivity index (χ1v) is 4.34. The van der Waals surface area contributed by atoms with Crippen molar-refractivity contribution >= 4 is 24.2 Å². The van der Waals surface area contributed by atoms with Crippen molar-refractivity contribution in [1.82, 2.24) is 0 Å². The number of hydrogen-bond acceptors (Lipinski definition) is 3. The smallest absolute Gasteiger partial charge is 0.344 e. The van der Waals surface area contributed by atoms with E-state index in [-0.39, 0.29) is 18.2 Å². The fourth-order valence-corrected chi connectivity index (χ4v) is 0.991. The number of amidine groups is 1. The fraction of sp³-hybridized carbons (Fsp3) is 0.200. The third-order valence-corrected chi connectivity index (χ3v) is 1.81. The number of ether oxygens (including phenoxy) is 1. The van der Waals surface area contributed by atoms with E-state index in [4.69, 9.17) is 21.0 Å². The van der Waals surface area contributed by atoms with Crippen LogP contribution in [0, 0.1) is 5.41 Å². The van der Waals surface area contributed by atoms with Crippen molar-refractivity contribution in [1.29, 1.82) is 5.41 Å². The zero-order chi connectivity index (χ0) is 11.4. The summed E-state index contributed by atoms with van der Waals surface area (Å²) in [6.07, 6.45) is -0.924. The molecule has 0 saturated carbocycles. The Morgan fingerprint density at radius 1 is 1.56 bits per heavy atom. The van der Waals surface area contributed by atoms with E-state index in [2.05, 4.69) is 0 Å². The van der Waals surface area contributed by atoms with E-state index in [0.29, 0.717) is 11.3 Å². The Kier molecular flexibility index (Phi) is 5.32. The van der Waals surface area contributed by atoms with Crippen LogP contribution < -0.4 is 10.5 Å². The van der Waals surface area contributed by atoms with Crippen molar-refractivity contribution < 1.29 is 14.6 Å². The summed E-state index contributed by atoms with van der Waals surface area (Å²) in [6.45, 7) is 1.43. The minimum absolute atomic E-state index is 0. The Morgan fingerprint density at radius 3 is 2.69 bits per heavy atom. The first-order chi connectivity index (χ1) is 7.00. The first-order valence-electron chi connectivity index (χ1n) is 4.34. The van der Waals surface area contributed by atoms with Crippen molar-refractivity contribution in [2.24, 2.45) is 5.73 Å². The van der Waals surface area contributed by atoms with E-state index in [9.17, 15) is 4.79 Å². The maximum atomic E-state index is 10.5. The Balaban J connectivity index is 0.00000225. The number of nitrogens with two attached hydrogens (primary N) is 1. The van der Waals surface area contributed by atoms with Gasteiger partial charge in [-0.25, -0.2) is 4.79 Å². The molecule has 88 valence electrons. The third kappa shape index (κ3) is 3.78. The molecule has 0 aliphatic carbocycles. The largest absolute Gasteiger partial charge is 0.479 e. The highest BCUT2D eigenvalue weighted by Gasteiger charge is 2.12. The number of halogens is 1. The Morgan fingerprint density at radius 2 is 2.19 bits per heavy atom. The van der Waals surface area contributed by atoms with E-state index in [1.165, 1.54) is 13.0 Å². The Hall–Kier alpha value is -1.75. The standard InChI is InChI=1S/C10H12N2O3.ClH/c1-6(10(13)14)15-8-4-2-3-7(5-8)9(11)12;/h2-6H,1H3,(H3,11,12)(H,13,14);1H. The van der Waals surface area contributed by atoms with Crippen LogP contribution in [0.5, 0.6) is 5.75 Å². The topological polar surface area (TPSA) is 96.4 Å². The second-order valence-electron chi connectivity index (χ2n) is 3.04. The molecule has 1 unspecified atom stereocenters. The molecule has 16 heavy (non-hydrogen) atoms. The predicted octanol–water partition coefficient (Wildman–Crippen LogP) is 1.24. The zero-order valence-corrected chi connectivity index (χ0v) is 9.45. The molecule has 0 amide bonds. The summed E-state index contributed by atoms with van der Waals surface area (Å²) in [6, 6.07) is 6.45. The van der Waals surface area contributed by atoms with Gasteiger partial charge in [-0.05, 0) is 19.1 Å². The Labute approximate surface area is 99.1 Å². The maximum absolute atomic E-state index is 10.5. The van der Waals surface area contributed by atoms with Gasteiger partial charge in [0.2, 0.25) is 0 Å². The number of nitrogen functional groups attached to an aromatic ring is 1. The highest BCUT2D eigenvalue weighted by Crippen LogP contribution is 2.14. The number of carboxylic acid groups (broad SMARTS) is 1. The number of hydrogen-bond donors (Lipinski definition) is 3. The number of carbonyl (C=O) groups is 1. The van der Waals surface area contributed by atoms with Gasteiger partial charge in [0.25, 0.3) is 0 Å². The summed E-state index contributed by atoms with van der Waals surface area (Å²) in [5.74, 6) is -0.732. The number of aliphatic carboxylic acids is 1. The van der Waals surface area contributed by atoms with Gasteiger partial charge in [-0.2, -0.15) is 0 Å². The molecule has 5 nitrogen and oxygen atoms in total. The van der Waals surface area contributed by atoms with Crippen LogP contribution in [0.2, 0.25) is 0 Å². The second kappa shape index (κ2) is 5.97. The molecule has 0 aliphatic heterocycles. The molecule has 1 rings (SSSR count). The van der Waals surface area contributed by atoms with E-state index in [1.54, 1.807) is 18.2 Å². The van der Waals surface area contributed by atoms with Gasteiger partial charge in [-0.3, -0.25) is 5.41 Å². The summed E-state index contributed by atoms with van der Waals surface area (Å²) in [7, 11) is 0. The molecule has 0 bridgehead atoms. The fourth-order valence-electron chi connectivity index (χ4n) is 0.991. The predicted molar refractivity (Wildman–Crippen MR) is 62.4 cm³/mol. The maximum Gasteiger partial charge on any atom is 0.344 e.